The summed E-state index contributed by atoms with van der Waals surface area (Å²) in [5.41, 5.74) is 9.72. The topological polar surface area (TPSA) is 76.2 Å². The maximum Gasteiger partial charge on any atom is 0.228 e. The van der Waals surface area contributed by atoms with Crippen LogP contribution in [0.5, 0.6) is 0 Å². The summed E-state index contributed by atoms with van der Waals surface area (Å²) in [6.45, 7) is 2.53. The van der Waals surface area contributed by atoms with Crippen molar-refractivity contribution in [2.45, 2.75) is 19.5 Å². The Morgan fingerprint density at radius 1 is 1.30 bits per heavy atom. The Kier molecular flexibility index (Phi) is 2.26. The van der Waals surface area contributed by atoms with Crippen LogP contribution in [0, 0.1) is 0 Å². The zero-order valence-electron chi connectivity index (χ0n) is 11.0. The molecule has 6 heteroatoms. The Hall–Kier alpha value is -2.50. The average Bonchev–Trinajstić information content (AvgIpc) is 3.01. The van der Waals surface area contributed by atoms with Crippen molar-refractivity contribution in [1.29, 1.82) is 0 Å². The molecule has 2 aliphatic rings. The predicted octanol–water partition coefficient (Wildman–Crippen LogP) is 0.980. The van der Waals surface area contributed by atoms with Crippen molar-refractivity contribution in [3.63, 3.8) is 0 Å². The quantitative estimate of drug-likeness (QED) is 0.757. The number of anilines is 3. The number of hydrogen-bond donors (Lipinski definition) is 2. The van der Waals surface area contributed by atoms with E-state index in [1.807, 2.05) is 24.5 Å². The molecule has 3 heterocycles. The van der Waals surface area contributed by atoms with Crippen molar-refractivity contribution in [3.8, 4) is 0 Å². The van der Waals surface area contributed by atoms with Crippen LogP contribution in [0.15, 0.2) is 24.5 Å². The Labute approximate surface area is 116 Å². The van der Waals surface area contributed by atoms with Gasteiger partial charge in [-0.05, 0) is 17.7 Å². The number of nitrogens with one attached hydrogen (secondary N) is 1. The first-order valence-electron chi connectivity index (χ1n) is 6.68. The van der Waals surface area contributed by atoms with Crippen molar-refractivity contribution >= 4 is 23.0 Å². The monoisotopic (exact) mass is 269 g/mol. The van der Waals surface area contributed by atoms with Crippen molar-refractivity contribution in [3.05, 3.63) is 35.9 Å². The highest BCUT2D eigenvalue weighted by Crippen LogP contribution is 2.35. The number of aromatic nitrogens is 2. The zero-order chi connectivity index (χ0) is 13.7. The number of carbonyl (C=O) groups excluding carboxylic acids is 1. The predicted molar refractivity (Wildman–Crippen MR) is 76.5 cm³/mol. The zero-order valence-corrected chi connectivity index (χ0v) is 11.0. The Bertz CT molecular complexity index is 706. The van der Waals surface area contributed by atoms with Gasteiger partial charge in [0.15, 0.2) is 0 Å². The number of amides is 1. The molecule has 6 nitrogen and oxygen atoms in total. The summed E-state index contributed by atoms with van der Waals surface area (Å²) < 4.78 is 2.15. The van der Waals surface area contributed by atoms with Gasteiger partial charge in [0, 0.05) is 31.2 Å². The number of nitrogens with zero attached hydrogens (tertiary/aromatic N) is 3. The van der Waals surface area contributed by atoms with E-state index in [1.165, 1.54) is 0 Å². The largest absolute Gasteiger partial charge is 0.397 e. The van der Waals surface area contributed by atoms with Gasteiger partial charge in [-0.1, -0.05) is 0 Å². The molecule has 2 aliphatic heterocycles. The molecular weight excluding hydrogens is 254 g/mol. The van der Waals surface area contributed by atoms with E-state index in [0.717, 1.165) is 48.1 Å². The molecule has 102 valence electrons. The van der Waals surface area contributed by atoms with Crippen LogP contribution >= 0.6 is 0 Å². The number of benzene rings is 1. The minimum Gasteiger partial charge on any atom is -0.397 e. The molecule has 0 saturated carbocycles. The number of nitrogens with two attached hydrogens (primary N) is 1. The van der Waals surface area contributed by atoms with Crippen LogP contribution in [0.1, 0.15) is 11.4 Å². The third-order valence-corrected chi connectivity index (χ3v) is 3.96. The van der Waals surface area contributed by atoms with E-state index in [2.05, 4.69) is 19.8 Å². The first kappa shape index (κ1) is 11.3. The molecule has 0 bridgehead atoms. The number of imidazole rings is 1. The SMILES string of the molecule is Nc1cc2c(cc1N1CCn3ccnc3C1)NC(=O)C2. The number of hydrogen-bond acceptors (Lipinski definition) is 4. The second-order valence-corrected chi connectivity index (χ2v) is 5.25. The molecule has 0 fully saturated rings. The van der Waals surface area contributed by atoms with Gasteiger partial charge in [0.1, 0.15) is 5.82 Å². The van der Waals surface area contributed by atoms with Crippen LogP contribution in [0.25, 0.3) is 0 Å². The van der Waals surface area contributed by atoms with Crippen LogP contribution in [-0.4, -0.2) is 22.0 Å². The van der Waals surface area contributed by atoms with Crippen LogP contribution < -0.4 is 16.0 Å². The van der Waals surface area contributed by atoms with Crippen molar-refractivity contribution in [2.24, 2.45) is 0 Å². The molecule has 0 saturated heterocycles. The molecule has 1 amide bonds. The van der Waals surface area contributed by atoms with Gasteiger partial charge in [0.05, 0.1) is 24.3 Å². The summed E-state index contributed by atoms with van der Waals surface area (Å²) in [5, 5.41) is 2.88. The highest BCUT2D eigenvalue weighted by molar-refractivity contribution is 6.00. The van der Waals surface area contributed by atoms with E-state index in [4.69, 9.17) is 5.73 Å². The maximum absolute atomic E-state index is 11.4. The van der Waals surface area contributed by atoms with Crippen LogP contribution in [0.2, 0.25) is 0 Å². The molecular formula is C14H15N5O. The molecule has 0 aliphatic carbocycles. The van der Waals surface area contributed by atoms with Crippen molar-refractivity contribution < 1.29 is 4.79 Å². The van der Waals surface area contributed by atoms with Gasteiger partial charge in [0.25, 0.3) is 0 Å². The minimum atomic E-state index is 0.0331. The first-order chi connectivity index (χ1) is 9.70. The minimum absolute atomic E-state index is 0.0331. The third kappa shape index (κ3) is 1.65. The summed E-state index contributed by atoms with van der Waals surface area (Å²) in [5.74, 6) is 1.07. The molecule has 0 spiro atoms. The van der Waals surface area contributed by atoms with E-state index >= 15 is 0 Å². The number of nitrogen functional groups attached to an aromatic ring is 1. The van der Waals surface area contributed by atoms with Crippen LogP contribution in [-0.2, 0) is 24.3 Å². The molecule has 3 N–H and O–H groups in total. The number of fused-ring (bicyclic) bond motifs is 2. The molecule has 0 radical (unpaired) electrons. The molecule has 1 aromatic carbocycles. The third-order valence-electron chi connectivity index (χ3n) is 3.96. The van der Waals surface area contributed by atoms with Crippen LogP contribution in [0.3, 0.4) is 0 Å². The smallest absolute Gasteiger partial charge is 0.228 e. The van der Waals surface area contributed by atoms with E-state index in [9.17, 15) is 4.79 Å². The average molecular weight is 269 g/mol. The fourth-order valence-electron chi connectivity index (χ4n) is 2.94. The van der Waals surface area contributed by atoms with Gasteiger partial charge < -0.3 is 20.5 Å². The highest BCUT2D eigenvalue weighted by atomic mass is 16.1. The van der Waals surface area contributed by atoms with Crippen molar-refractivity contribution in [2.75, 3.05) is 22.5 Å². The Morgan fingerprint density at radius 2 is 2.20 bits per heavy atom. The molecule has 2 aromatic rings. The van der Waals surface area contributed by atoms with E-state index in [-0.39, 0.29) is 5.91 Å². The second-order valence-electron chi connectivity index (χ2n) is 5.25. The fourth-order valence-corrected chi connectivity index (χ4v) is 2.94. The Balaban J connectivity index is 1.70. The summed E-state index contributed by atoms with van der Waals surface area (Å²) >= 11 is 0. The summed E-state index contributed by atoms with van der Waals surface area (Å²) in [6.07, 6.45) is 4.24. The van der Waals surface area contributed by atoms with Gasteiger partial charge in [0.2, 0.25) is 5.91 Å². The van der Waals surface area contributed by atoms with Gasteiger partial charge in [-0.15, -0.1) is 0 Å². The first-order valence-corrected chi connectivity index (χ1v) is 6.68. The summed E-state index contributed by atoms with van der Waals surface area (Å²) in [4.78, 5) is 18.0. The van der Waals surface area contributed by atoms with E-state index in [0.29, 0.717) is 6.42 Å². The summed E-state index contributed by atoms with van der Waals surface area (Å²) in [6, 6.07) is 3.89. The normalized spacial score (nSPS) is 16.8. The number of rotatable bonds is 1. The lowest BCUT2D eigenvalue weighted by atomic mass is 10.1. The molecule has 0 unspecified atom stereocenters. The van der Waals surface area contributed by atoms with E-state index < -0.39 is 0 Å². The summed E-state index contributed by atoms with van der Waals surface area (Å²) in [7, 11) is 0. The van der Waals surface area contributed by atoms with Gasteiger partial charge in [-0.2, -0.15) is 0 Å². The molecule has 4 rings (SSSR count). The van der Waals surface area contributed by atoms with Crippen LogP contribution in [0.4, 0.5) is 17.1 Å². The lowest BCUT2D eigenvalue weighted by Gasteiger charge is -2.30. The lowest BCUT2D eigenvalue weighted by molar-refractivity contribution is -0.115. The van der Waals surface area contributed by atoms with Gasteiger partial charge in [-0.3, -0.25) is 4.79 Å². The molecule has 20 heavy (non-hydrogen) atoms. The van der Waals surface area contributed by atoms with E-state index in [1.54, 1.807) is 0 Å². The molecule has 1 aromatic heterocycles. The van der Waals surface area contributed by atoms with Gasteiger partial charge >= 0.3 is 0 Å². The van der Waals surface area contributed by atoms with Crippen molar-refractivity contribution in [1.82, 2.24) is 9.55 Å². The second kappa shape index (κ2) is 4.00. The lowest BCUT2D eigenvalue weighted by Crippen LogP contribution is -2.34. The van der Waals surface area contributed by atoms with Gasteiger partial charge in [-0.25, -0.2) is 4.98 Å². The highest BCUT2D eigenvalue weighted by Gasteiger charge is 2.23. The Morgan fingerprint density at radius 3 is 3.10 bits per heavy atom. The standard InChI is InChI=1S/C14H15N5O/c15-10-5-9-6-14(20)17-11(9)7-12(10)19-4-3-18-2-1-16-13(18)8-19/h1-2,5,7H,3-4,6,8,15H2,(H,17,20). The molecule has 0 atom stereocenters. The number of carbonyl (C=O) groups is 1. The fraction of sp³-hybridized carbons (Fsp3) is 0.286. The maximum atomic E-state index is 11.4.